The van der Waals surface area contributed by atoms with Crippen molar-refractivity contribution in [3.63, 3.8) is 0 Å². The van der Waals surface area contributed by atoms with Crippen LogP contribution in [0.3, 0.4) is 0 Å². The van der Waals surface area contributed by atoms with Gasteiger partial charge in [0.1, 0.15) is 0 Å². The van der Waals surface area contributed by atoms with Gasteiger partial charge in [-0.2, -0.15) is 0 Å². The Kier molecular flexibility index (Phi) is 14.7. The first-order valence-electron chi connectivity index (χ1n) is 8.47. The van der Waals surface area contributed by atoms with Crippen LogP contribution in [0.15, 0.2) is 0 Å². The van der Waals surface area contributed by atoms with Gasteiger partial charge in [-0.25, -0.2) is 0 Å². The van der Waals surface area contributed by atoms with Crippen LogP contribution in [0.25, 0.3) is 0 Å². The minimum absolute atomic E-state index is 0.0263. The molecule has 0 radical (unpaired) electrons. The summed E-state index contributed by atoms with van der Waals surface area (Å²) in [6.45, 7) is 6.37. The van der Waals surface area contributed by atoms with E-state index in [0.29, 0.717) is 5.92 Å². The molecular weight excluding hydrogens is 288 g/mol. The van der Waals surface area contributed by atoms with E-state index < -0.39 is 18.6 Å². The van der Waals surface area contributed by atoms with Gasteiger partial charge in [-0.3, -0.25) is 0 Å². The van der Waals surface area contributed by atoms with Crippen LogP contribution in [0.5, 0.6) is 0 Å². The second-order valence-corrected chi connectivity index (χ2v) is 7.34. The fourth-order valence-electron chi connectivity index (χ4n) is 2.49. The van der Waals surface area contributed by atoms with E-state index in [1.54, 1.807) is 0 Å². The molecule has 4 heteroatoms. The van der Waals surface area contributed by atoms with E-state index in [2.05, 4.69) is 20.8 Å². The molecule has 0 saturated carbocycles. The van der Waals surface area contributed by atoms with Gasteiger partial charge < -0.3 is 0 Å². The molecule has 0 aliphatic carbocycles. The Morgan fingerprint density at radius 3 is 1.75 bits per heavy atom. The summed E-state index contributed by atoms with van der Waals surface area (Å²) in [6, 6.07) is 0. The van der Waals surface area contributed by atoms with E-state index in [1.807, 2.05) is 0 Å². The third-order valence-corrected chi connectivity index (χ3v) is 4.63. The summed E-state index contributed by atoms with van der Waals surface area (Å²) in [7, 11) is 0. The molecular formula is C16H34O3Ti. The van der Waals surface area contributed by atoms with Gasteiger partial charge in [0.05, 0.1) is 0 Å². The molecule has 120 valence electrons. The Morgan fingerprint density at radius 1 is 0.900 bits per heavy atom. The zero-order valence-electron chi connectivity index (χ0n) is 13.7. The Labute approximate surface area is 132 Å². The predicted molar refractivity (Wildman–Crippen MR) is 79.1 cm³/mol. The molecule has 0 fully saturated rings. The van der Waals surface area contributed by atoms with Crippen molar-refractivity contribution in [2.24, 2.45) is 5.92 Å². The van der Waals surface area contributed by atoms with E-state index in [9.17, 15) is 3.32 Å². The van der Waals surface area contributed by atoms with Crippen molar-refractivity contribution in [3.8, 4) is 0 Å². The number of unbranched alkanes of at least 4 members (excludes halogenated alkanes) is 9. The number of hydrogen-bond donors (Lipinski definition) is 1. The molecule has 20 heavy (non-hydrogen) atoms. The molecule has 0 amide bonds. The van der Waals surface area contributed by atoms with Crippen LogP contribution >= 0.6 is 0 Å². The molecule has 0 aliphatic heterocycles. The molecule has 0 aromatic heterocycles. The Hall–Kier alpha value is 0.434. The van der Waals surface area contributed by atoms with Crippen molar-refractivity contribution in [3.05, 3.63) is 0 Å². The second-order valence-electron chi connectivity index (χ2n) is 6.14. The van der Waals surface area contributed by atoms with Gasteiger partial charge in [-0.15, -0.1) is 0 Å². The molecule has 0 saturated heterocycles. The minimum atomic E-state index is -3.37. The molecule has 0 heterocycles. The molecule has 1 atom stereocenters. The van der Waals surface area contributed by atoms with E-state index >= 15 is 0 Å². The Morgan fingerprint density at radius 2 is 1.35 bits per heavy atom. The molecule has 1 N–H and O–H groups in total. The maximum absolute atomic E-state index is 10.8. The van der Waals surface area contributed by atoms with Gasteiger partial charge >= 0.3 is 119 Å². The SMILES string of the molecule is CCCCCCCCCCCCC([O][Ti](=[O])[OH])C(C)C. The fourth-order valence-corrected chi connectivity index (χ4v) is 3.50. The predicted octanol–water partition coefficient (Wildman–Crippen LogP) is 5.12. The standard InChI is InChI=1S/C16H33O.H2O.O.Ti/c1-4-5-6-7-8-9-10-11-12-13-14-16(17)15(2)3;;;/h15-16H,4-14H2,1-3H3;1H2;;/q-1;;;+2/p-1. The van der Waals surface area contributed by atoms with Crippen LogP contribution in [-0.4, -0.2) is 9.79 Å². The van der Waals surface area contributed by atoms with E-state index in [-0.39, 0.29) is 6.10 Å². The van der Waals surface area contributed by atoms with Crippen molar-refractivity contribution in [2.75, 3.05) is 0 Å². The molecule has 1 unspecified atom stereocenters. The summed E-state index contributed by atoms with van der Waals surface area (Å²) in [6.07, 6.45) is 14.1. The quantitative estimate of drug-likeness (QED) is 0.356. The maximum atomic E-state index is 10.8. The van der Waals surface area contributed by atoms with Crippen LogP contribution in [0.2, 0.25) is 0 Å². The molecule has 0 aliphatic rings. The molecule has 0 aromatic carbocycles. The normalized spacial score (nSPS) is 12.8. The first-order chi connectivity index (χ1) is 9.57. The topological polar surface area (TPSA) is 46.5 Å². The summed E-state index contributed by atoms with van der Waals surface area (Å²) in [5, 5.41) is 0. The third-order valence-electron chi connectivity index (χ3n) is 3.84. The molecule has 0 aromatic rings. The number of hydrogen-bond acceptors (Lipinski definition) is 2. The Balaban J connectivity index is 3.39. The van der Waals surface area contributed by atoms with Crippen LogP contribution in [0, 0.1) is 5.92 Å². The number of rotatable bonds is 14. The average Bonchev–Trinajstić information content (AvgIpc) is 2.39. The average molecular weight is 322 g/mol. The summed E-state index contributed by atoms with van der Waals surface area (Å²) in [5.41, 5.74) is 0. The first-order valence-corrected chi connectivity index (χ1v) is 10.4. The van der Waals surface area contributed by atoms with Crippen LogP contribution in [0.4, 0.5) is 0 Å². The van der Waals surface area contributed by atoms with Crippen molar-refractivity contribution < 1.29 is 28.9 Å². The third kappa shape index (κ3) is 13.4. The van der Waals surface area contributed by atoms with Crippen LogP contribution in [-0.2, 0) is 25.3 Å². The first kappa shape index (κ1) is 20.4. The summed E-state index contributed by atoms with van der Waals surface area (Å²) < 4.78 is 24.9. The van der Waals surface area contributed by atoms with Crippen molar-refractivity contribution in [1.29, 1.82) is 0 Å². The zero-order valence-corrected chi connectivity index (χ0v) is 15.3. The summed E-state index contributed by atoms with van der Waals surface area (Å²) in [4.78, 5) is 0. The molecule has 0 bridgehead atoms. The fraction of sp³-hybridized carbons (Fsp3) is 1.00. The molecule has 3 nitrogen and oxygen atoms in total. The van der Waals surface area contributed by atoms with E-state index in [0.717, 1.165) is 12.8 Å². The van der Waals surface area contributed by atoms with Crippen LogP contribution in [0.1, 0.15) is 91.4 Å². The van der Waals surface area contributed by atoms with Crippen LogP contribution < -0.4 is 0 Å². The van der Waals surface area contributed by atoms with Gasteiger partial charge in [0, 0.05) is 0 Å². The second kappa shape index (κ2) is 14.4. The van der Waals surface area contributed by atoms with Gasteiger partial charge in [0.2, 0.25) is 0 Å². The van der Waals surface area contributed by atoms with Crippen molar-refractivity contribution in [1.82, 2.24) is 0 Å². The molecule has 0 spiro atoms. The Bertz CT molecular complexity index is 232. The van der Waals surface area contributed by atoms with Gasteiger partial charge in [-0.1, -0.05) is 13.3 Å². The van der Waals surface area contributed by atoms with Gasteiger partial charge in [0.15, 0.2) is 0 Å². The van der Waals surface area contributed by atoms with E-state index in [4.69, 9.17) is 7.01 Å². The van der Waals surface area contributed by atoms with E-state index in [1.165, 1.54) is 57.8 Å². The van der Waals surface area contributed by atoms with Gasteiger partial charge in [0.25, 0.3) is 0 Å². The zero-order chi connectivity index (χ0) is 15.2. The van der Waals surface area contributed by atoms with Crippen molar-refractivity contribution in [2.45, 2.75) is 97.5 Å². The van der Waals surface area contributed by atoms with Crippen molar-refractivity contribution >= 4 is 0 Å². The summed E-state index contributed by atoms with van der Waals surface area (Å²) in [5.74, 6) is 0.331. The monoisotopic (exact) mass is 322 g/mol. The molecule has 0 rings (SSSR count). The summed E-state index contributed by atoms with van der Waals surface area (Å²) >= 11 is -3.37. The van der Waals surface area contributed by atoms with Gasteiger partial charge in [-0.05, 0) is 0 Å².